The first-order valence-electron chi connectivity index (χ1n) is 6.69. The van der Waals surface area contributed by atoms with E-state index < -0.39 is 0 Å². The van der Waals surface area contributed by atoms with Crippen LogP contribution in [0.5, 0.6) is 5.88 Å². The predicted octanol–water partition coefficient (Wildman–Crippen LogP) is 2.82. The average Bonchev–Trinajstić information content (AvgIpc) is 2.90. The number of carbonyl (C=O) groups excluding carboxylic acids is 1. The van der Waals surface area contributed by atoms with Crippen molar-refractivity contribution in [3.8, 4) is 5.88 Å². The van der Waals surface area contributed by atoms with Crippen molar-refractivity contribution in [2.24, 2.45) is 7.05 Å². The summed E-state index contributed by atoms with van der Waals surface area (Å²) < 4.78 is 12.4. The number of hydrogen-bond acceptors (Lipinski definition) is 4. The third-order valence-corrected chi connectivity index (χ3v) is 2.98. The maximum absolute atomic E-state index is 12.0. The minimum atomic E-state index is -0.360. The van der Waals surface area contributed by atoms with Crippen LogP contribution in [0.25, 0.3) is 6.08 Å². The zero-order chi connectivity index (χ0) is 15.2. The molecular formula is C16H18N2O3. The number of carbonyl (C=O) groups is 1. The molecule has 0 saturated carbocycles. The molecule has 0 bridgehead atoms. The molecule has 1 aromatic carbocycles. The van der Waals surface area contributed by atoms with Crippen LogP contribution in [0.4, 0.5) is 0 Å². The number of nitrogens with zero attached hydrogens (tertiary/aromatic N) is 2. The van der Waals surface area contributed by atoms with Gasteiger partial charge >= 0.3 is 5.97 Å². The van der Waals surface area contributed by atoms with E-state index in [2.05, 4.69) is 11.7 Å². The van der Waals surface area contributed by atoms with Crippen molar-refractivity contribution in [3.05, 3.63) is 53.7 Å². The zero-order valence-electron chi connectivity index (χ0n) is 12.2. The topological polar surface area (TPSA) is 53.4 Å². The number of esters is 1. The molecule has 0 unspecified atom stereocenters. The molecule has 0 radical (unpaired) electrons. The second-order valence-corrected chi connectivity index (χ2v) is 4.41. The summed E-state index contributed by atoms with van der Waals surface area (Å²) in [5.74, 6) is 0.145. The van der Waals surface area contributed by atoms with Crippen LogP contribution < -0.4 is 4.74 Å². The molecule has 0 aliphatic heterocycles. The molecule has 2 rings (SSSR count). The lowest BCUT2D eigenvalue weighted by atomic mass is 10.0. The molecule has 0 amide bonds. The first-order chi connectivity index (χ1) is 10.2. The highest BCUT2D eigenvalue weighted by Crippen LogP contribution is 2.19. The monoisotopic (exact) mass is 286 g/mol. The minimum absolute atomic E-state index is 0.230. The van der Waals surface area contributed by atoms with E-state index >= 15 is 0 Å². The van der Waals surface area contributed by atoms with Crippen LogP contribution in [0.15, 0.2) is 37.0 Å². The van der Waals surface area contributed by atoms with E-state index in [4.69, 9.17) is 9.47 Å². The Morgan fingerprint density at radius 2 is 2.24 bits per heavy atom. The highest BCUT2D eigenvalue weighted by molar-refractivity contribution is 5.92. The number of benzene rings is 1. The smallest absolute Gasteiger partial charge is 0.338 e. The van der Waals surface area contributed by atoms with Gasteiger partial charge in [0.05, 0.1) is 12.2 Å². The lowest BCUT2D eigenvalue weighted by molar-refractivity contribution is 0.0523. The summed E-state index contributed by atoms with van der Waals surface area (Å²) in [6.07, 6.45) is 3.49. The van der Waals surface area contributed by atoms with Crippen molar-refractivity contribution in [2.45, 2.75) is 13.5 Å². The Morgan fingerprint density at radius 3 is 2.86 bits per heavy atom. The van der Waals surface area contributed by atoms with Crippen LogP contribution in [0.1, 0.15) is 28.4 Å². The van der Waals surface area contributed by atoms with Crippen LogP contribution in [0, 0.1) is 0 Å². The Balaban J connectivity index is 2.26. The standard InChI is InChI=1S/C16H18N2O3/c1-4-12-7-6-8-13(16(19)20-5-2)14(12)11-21-15-9-10-18(3)17-15/h4,6-10H,1,5,11H2,2-3H3. The van der Waals surface area contributed by atoms with Crippen LogP contribution in [0.3, 0.4) is 0 Å². The van der Waals surface area contributed by atoms with Gasteiger partial charge < -0.3 is 9.47 Å². The van der Waals surface area contributed by atoms with Crippen LogP contribution in [-0.4, -0.2) is 22.4 Å². The number of ether oxygens (including phenoxy) is 2. The van der Waals surface area contributed by atoms with Crippen LogP contribution in [0.2, 0.25) is 0 Å². The molecule has 0 atom stereocenters. The van der Waals surface area contributed by atoms with Crippen LogP contribution >= 0.6 is 0 Å². The second-order valence-electron chi connectivity index (χ2n) is 4.41. The van der Waals surface area contributed by atoms with Crippen LogP contribution in [-0.2, 0) is 18.4 Å². The molecule has 21 heavy (non-hydrogen) atoms. The molecule has 0 fully saturated rings. The van der Waals surface area contributed by atoms with E-state index in [9.17, 15) is 4.79 Å². The first kappa shape index (κ1) is 14.8. The van der Waals surface area contributed by atoms with Gasteiger partial charge in [-0.05, 0) is 18.6 Å². The molecule has 0 aliphatic carbocycles. The second kappa shape index (κ2) is 6.74. The minimum Gasteiger partial charge on any atom is -0.472 e. The lowest BCUT2D eigenvalue weighted by Gasteiger charge is -2.12. The van der Waals surface area contributed by atoms with Crippen molar-refractivity contribution in [1.82, 2.24) is 9.78 Å². The average molecular weight is 286 g/mol. The summed E-state index contributed by atoms with van der Waals surface area (Å²) >= 11 is 0. The fraction of sp³-hybridized carbons (Fsp3) is 0.250. The Bertz CT molecular complexity index is 647. The number of hydrogen-bond donors (Lipinski definition) is 0. The molecule has 0 spiro atoms. The van der Waals surface area contributed by atoms with Gasteiger partial charge in [-0.2, -0.15) is 0 Å². The summed E-state index contributed by atoms with van der Waals surface area (Å²) in [5, 5.41) is 4.14. The van der Waals surface area contributed by atoms with E-state index in [1.807, 2.05) is 13.1 Å². The van der Waals surface area contributed by atoms with Gasteiger partial charge in [-0.25, -0.2) is 4.79 Å². The van der Waals surface area contributed by atoms with Gasteiger partial charge in [-0.3, -0.25) is 4.68 Å². The van der Waals surface area contributed by atoms with Crippen molar-refractivity contribution in [2.75, 3.05) is 6.61 Å². The normalized spacial score (nSPS) is 10.2. The molecule has 0 aliphatic rings. The van der Waals surface area contributed by atoms with E-state index in [0.29, 0.717) is 18.1 Å². The van der Waals surface area contributed by atoms with E-state index in [-0.39, 0.29) is 12.6 Å². The fourth-order valence-corrected chi connectivity index (χ4v) is 1.97. The molecule has 110 valence electrons. The maximum Gasteiger partial charge on any atom is 0.338 e. The lowest BCUT2D eigenvalue weighted by Crippen LogP contribution is -2.11. The summed E-state index contributed by atoms with van der Waals surface area (Å²) in [6.45, 7) is 6.11. The number of rotatable bonds is 6. The van der Waals surface area contributed by atoms with Gasteiger partial charge in [-0.1, -0.05) is 24.8 Å². The van der Waals surface area contributed by atoms with Gasteiger partial charge in [0.15, 0.2) is 0 Å². The molecule has 5 nitrogen and oxygen atoms in total. The Kier molecular flexibility index (Phi) is 4.77. The molecule has 1 heterocycles. The summed E-state index contributed by atoms with van der Waals surface area (Å²) in [4.78, 5) is 12.0. The molecule has 0 N–H and O–H groups in total. The van der Waals surface area contributed by atoms with Gasteiger partial charge in [-0.15, -0.1) is 5.10 Å². The molecular weight excluding hydrogens is 268 g/mol. The summed E-state index contributed by atoms with van der Waals surface area (Å²) in [6, 6.07) is 7.17. The predicted molar refractivity (Wildman–Crippen MR) is 80.0 cm³/mol. The van der Waals surface area contributed by atoms with E-state index in [0.717, 1.165) is 11.1 Å². The highest BCUT2D eigenvalue weighted by Gasteiger charge is 2.15. The van der Waals surface area contributed by atoms with E-state index in [1.54, 1.807) is 42.1 Å². The third kappa shape index (κ3) is 3.51. The van der Waals surface area contributed by atoms with Crippen molar-refractivity contribution in [1.29, 1.82) is 0 Å². The zero-order valence-corrected chi connectivity index (χ0v) is 12.2. The Morgan fingerprint density at radius 1 is 1.43 bits per heavy atom. The SMILES string of the molecule is C=Cc1cccc(C(=O)OCC)c1COc1ccn(C)n1. The number of aromatic nitrogens is 2. The highest BCUT2D eigenvalue weighted by atomic mass is 16.5. The molecule has 2 aromatic rings. The Hall–Kier alpha value is -2.56. The number of aryl methyl sites for hydroxylation is 1. The van der Waals surface area contributed by atoms with Crippen molar-refractivity contribution >= 4 is 12.0 Å². The van der Waals surface area contributed by atoms with Crippen molar-refractivity contribution < 1.29 is 14.3 Å². The van der Waals surface area contributed by atoms with Gasteiger partial charge in [0.2, 0.25) is 5.88 Å². The molecule has 0 saturated heterocycles. The van der Waals surface area contributed by atoms with Gasteiger partial charge in [0.1, 0.15) is 6.61 Å². The third-order valence-electron chi connectivity index (χ3n) is 2.98. The maximum atomic E-state index is 12.0. The van der Waals surface area contributed by atoms with E-state index in [1.165, 1.54) is 0 Å². The largest absolute Gasteiger partial charge is 0.472 e. The first-order valence-corrected chi connectivity index (χ1v) is 6.69. The Labute approximate surface area is 123 Å². The fourth-order valence-electron chi connectivity index (χ4n) is 1.97. The summed E-state index contributed by atoms with van der Waals surface area (Å²) in [5.41, 5.74) is 2.08. The van der Waals surface area contributed by atoms with Gasteiger partial charge in [0.25, 0.3) is 0 Å². The molecule has 5 heteroatoms. The van der Waals surface area contributed by atoms with Crippen molar-refractivity contribution in [3.63, 3.8) is 0 Å². The molecule has 1 aromatic heterocycles. The summed E-state index contributed by atoms with van der Waals surface area (Å²) in [7, 11) is 1.81. The quantitative estimate of drug-likeness (QED) is 0.766. The van der Waals surface area contributed by atoms with Gasteiger partial charge in [0, 0.05) is 24.9 Å².